The van der Waals surface area contributed by atoms with Crippen LogP contribution in [0.15, 0.2) is 456 Å². The normalized spacial score (nSPS) is 12.2. The van der Waals surface area contributed by atoms with E-state index in [1.165, 1.54) is 213 Å². The number of aromatic nitrogens is 13. The number of hydrogen-bond donors (Lipinski definition) is 0. The Morgan fingerprint density at radius 1 is 0.137 bits per heavy atom. The zero-order valence-electron chi connectivity index (χ0n) is 74.6. The minimum Gasteiger partial charge on any atom is -0.309 e. The van der Waals surface area contributed by atoms with E-state index in [0.717, 1.165) is 50.1 Å². The fourth-order valence-corrected chi connectivity index (χ4v) is 23.2. The highest BCUT2D eigenvalue weighted by molar-refractivity contribution is 6.28. The Morgan fingerprint density at radius 2 is 0.388 bits per heavy atom. The minimum absolute atomic E-state index is 0.638. The molecule has 13 nitrogen and oxygen atoms in total. The Labute approximate surface area is 792 Å². The predicted octanol–water partition coefficient (Wildman–Crippen LogP) is 31.6. The second-order valence-corrected chi connectivity index (χ2v) is 36.5. The van der Waals surface area contributed by atoms with Gasteiger partial charge in [-0.2, -0.15) is 0 Å². The lowest BCUT2D eigenvalue weighted by atomic mass is 9.99. The molecular formula is C126H75N13. The number of benzene rings is 18. The summed E-state index contributed by atoms with van der Waals surface area (Å²) in [6, 6.07) is 151. The number of hydrogen-bond acceptors (Lipinski definition) is 6. The van der Waals surface area contributed by atoms with E-state index < -0.39 is 0 Å². The van der Waals surface area contributed by atoms with Gasteiger partial charge in [-0.1, -0.05) is 267 Å². The molecule has 0 radical (unpaired) electrons. The van der Waals surface area contributed by atoms with Crippen molar-refractivity contribution in [3.8, 4) is 79.2 Å². The maximum Gasteiger partial charge on any atom is 0.164 e. The van der Waals surface area contributed by atoms with Crippen molar-refractivity contribution in [1.82, 2.24) is 61.4 Å². The Balaban J connectivity index is 0.000000102. The molecule has 14 aromatic heterocycles. The van der Waals surface area contributed by atoms with Crippen LogP contribution in [0.25, 0.3) is 281 Å². The van der Waals surface area contributed by atoms with E-state index in [1.54, 1.807) is 0 Å². The summed E-state index contributed by atoms with van der Waals surface area (Å²) >= 11 is 0. The number of rotatable bonds is 9. The average molecular weight is 1770 g/mol. The zero-order chi connectivity index (χ0) is 90.8. The maximum atomic E-state index is 5.01. The van der Waals surface area contributed by atoms with Crippen LogP contribution < -0.4 is 0 Å². The lowest BCUT2D eigenvalue weighted by molar-refractivity contribution is 1.07. The molecule has 0 saturated heterocycles. The highest BCUT2D eigenvalue weighted by Crippen LogP contribution is 2.49. The molecule has 0 N–H and O–H groups in total. The van der Waals surface area contributed by atoms with Gasteiger partial charge in [0.2, 0.25) is 0 Å². The first kappa shape index (κ1) is 76.6. The van der Waals surface area contributed by atoms with E-state index in [9.17, 15) is 0 Å². The molecule has 0 fully saturated rings. The highest BCUT2D eigenvalue weighted by Gasteiger charge is 2.27. The molecule has 0 aliphatic carbocycles. The number of pyridine rings is 3. The first-order chi connectivity index (χ1) is 69.0. The number of nitrogens with zero attached hydrogens (tertiary/aromatic N) is 13. The third-order valence-corrected chi connectivity index (χ3v) is 29.2. The average Bonchev–Trinajstić information content (AvgIpc) is 1.57. The first-order valence-electron chi connectivity index (χ1n) is 47.2. The van der Waals surface area contributed by atoms with Crippen LogP contribution in [0.1, 0.15) is 0 Å². The summed E-state index contributed by atoms with van der Waals surface area (Å²) in [4.78, 5) is 28.3. The van der Waals surface area contributed by atoms with E-state index in [4.69, 9.17) is 15.0 Å². The van der Waals surface area contributed by atoms with Crippen molar-refractivity contribution in [3.05, 3.63) is 456 Å². The second-order valence-electron chi connectivity index (χ2n) is 36.5. The van der Waals surface area contributed by atoms with E-state index >= 15 is 0 Å². The number of para-hydroxylation sites is 9. The van der Waals surface area contributed by atoms with Gasteiger partial charge in [0, 0.05) is 184 Å². The van der Waals surface area contributed by atoms with Crippen LogP contribution in [0.5, 0.6) is 0 Å². The van der Waals surface area contributed by atoms with Crippen molar-refractivity contribution < 1.29 is 0 Å². The van der Waals surface area contributed by atoms with Gasteiger partial charge < -0.3 is 31.5 Å². The molecule has 32 aromatic rings. The summed E-state index contributed by atoms with van der Waals surface area (Å²) in [5.41, 5.74) is 32.8. The Bertz CT molecular complexity index is 10300. The summed E-state index contributed by atoms with van der Waals surface area (Å²) in [6.07, 6.45) is 11.6. The van der Waals surface area contributed by atoms with Crippen molar-refractivity contribution >= 4 is 202 Å². The van der Waals surface area contributed by atoms with Gasteiger partial charge in [0.15, 0.2) is 17.5 Å². The van der Waals surface area contributed by atoms with E-state index in [1.807, 2.05) is 97.8 Å². The lowest BCUT2D eigenvalue weighted by Gasteiger charge is -2.10. The molecule has 0 atom stereocenters. The van der Waals surface area contributed by atoms with Gasteiger partial charge in [-0.3, -0.25) is 15.0 Å². The van der Waals surface area contributed by atoms with Gasteiger partial charge in [0.05, 0.1) is 93.8 Å². The summed E-state index contributed by atoms with van der Waals surface area (Å²) in [5.74, 6) is 1.93. The standard InChI is InChI=1S/C50H30N6.C47H28N4.C29H17N3/c1-3-12-31(13-4-1)48-52-49(32-14-5-2-6-15-32)54-50(53-48)35-17-11-16-33(26-35)34-22-23-45-39(27-34)41-29-36(28-40-37-18-7-10-21-44(37)56(45)47(40)41)55-43-20-9-8-19-38(43)42-30-51-25-24-46(42)55;1-4-13-41-33(8-1)34-9-2-5-14-42(34)49(41)31-19-16-29(17-20-31)30-18-22-44-38(26-30)36-11-7-12-37-39-27-32(21-23-45(39)51(44)47(36)37)50-43-15-6-3-10-35(43)40-28-48-25-24-46(40)50;1-5-11-26-19(7-1)22-15-18(16-23-20-8-2-6-12-27(20)32(26)29(22)23)31-25-10-4-3-9-21(25)24-17-30-14-13-28(24)31/h1-30H;1-28H;1-17H. The summed E-state index contributed by atoms with van der Waals surface area (Å²) in [5, 5.41) is 24.9. The molecule has 13 heteroatoms. The van der Waals surface area contributed by atoms with Gasteiger partial charge in [-0.25, -0.2) is 15.0 Å². The molecular weight excluding hydrogens is 1700 g/mol. The molecule has 139 heavy (non-hydrogen) atoms. The van der Waals surface area contributed by atoms with Crippen LogP contribution >= 0.6 is 0 Å². The van der Waals surface area contributed by atoms with Gasteiger partial charge in [-0.15, -0.1) is 0 Å². The minimum atomic E-state index is 0.638. The van der Waals surface area contributed by atoms with Crippen molar-refractivity contribution in [3.63, 3.8) is 0 Å². The lowest BCUT2D eigenvalue weighted by Crippen LogP contribution is -2.00. The van der Waals surface area contributed by atoms with Gasteiger partial charge in [-0.05, 0) is 174 Å². The van der Waals surface area contributed by atoms with Crippen LogP contribution in [0, 0.1) is 0 Å². The maximum absolute atomic E-state index is 5.01. The molecule has 18 aromatic carbocycles. The third kappa shape index (κ3) is 11.3. The first-order valence-corrected chi connectivity index (χ1v) is 47.2. The van der Waals surface area contributed by atoms with Crippen molar-refractivity contribution in [1.29, 1.82) is 0 Å². The molecule has 0 bridgehead atoms. The fourth-order valence-electron chi connectivity index (χ4n) is 23.2. The van der Waals surface area contributed by atoms with Crippen molar-refractivity contribution in [2.75, 3.05) is 0 Å². The summed E-state index contributed by atoms with van der Waals surface area (Å²) < 4.78 is 16.9. The monoisotopic (exact) mass is 1770 g/mol. The molecule has 0 spiro atoms. The van der Waals surface area contributed by atoms with Crippen molar-refractivity contribution in [2.45, 2.75) is 0 Å². The van der Waals surface area contributed by atoms with E-state index in [0.29, 0.717) is 17.5 Å². The molecule has 14 heterocycles. The fraction of sp³-hybridized carbons (Fsp3) is 0. The van der Waals surface area contributed by atoms with E-state index in [-0.39, 0.29) is 0 Å². The Kier molecular flexibility index (Phi) is 16.4. The van der Waals surface area contributed by atoms with Crippen LogP contribution in [-0.2, 0) is 0 Å². The summed E-state index contributed by atoms with van der Waals surface area (Å²) in [6.45, 7) is 0. The molecule has 0 amide bonds. The molecule has 644 valence electrons. The molecule has 0 unspecified atom stereocenters. The molecule has 0 aliphatic heterocycles. The SMILES string of the molecule is c1ccc(-c2nc(-c3ccccc3)nc(-c3cccc(-c4ccc5c(c4)c4cc(-n6c7ccccc7c7cnccc76)cc6c7ccccc7n5c64)c3)n2)cc1.c1ccc2c(c1)c1ccccc1n2-c1ccc(-c2ccc3c(c2)c2cccc4c5cc(-n6c7ccccc7c7cnccc76)ccc5n3c24)cc1.c1ccc2c(c1)c1cnccc1n2-c1cc2c3ccccc3n3c4ccccc4c(c1)c23. The third-order valence-electron chi connectivity index (χ3n) is 29.2. The highest BCUT2D eigenvalue weighted by atomic mass is 15.0. The van der Waals surface area contributed by atoms with E-state index in [2.05, 4.69) is 404 Å². The smallest absolute Gasteiger partial charge is 0.164 e. The second kappa shape index (κ2) is 29.8. The molecule has 32 rings (SSSR count). The van der Waals surface area contributed by atoms with Gasteiger partial charge in [0.1, 0.15) is 0 Å². The Hall–Kier alpha value is -19.0. The topological polar surface area (TPSA) is 110 Å². The van der Waals surface area contributed by atoms with Crippen molar-refractivity contribution in [2.24, 2.45) is 0 Å². The van der Waals surface area contributed by atoms with Gasteiger partial charge in [0.25, 0.3) is 0 Å². The quantitative estimate of drug-likeness (QED) is 0.142. The van der Waals surface area contributed by atoms with Crippen LogP contribution in [0.3, 0.4) is 0 Å². The summed E-state index contributed by atoms with van der Waals surface area (Å²) in [7, 11) is 0. The zero-order valence-corrected chi connectivity index (χ0v) is 74.6. The Morgan fingerprint density at radius 3 is 0.813 bits per heavy atom. The van der Waals surface area contributed by atoms with Crippen LogP contribution in [-0.4, -0.2) is 61.4 Å². The largest absolute Gasteiger partial charge is 0.309 e. The van der Waals surface area contributed by atoms with Gasteiger partial charge >= 0.3 is 0 Å². The molecule has 0 saturated carbocycles. The van der Waals surface area contributed by atoms with Crippen LogP contribution in [0.2, 0.25) is 0 Å². The predicted molar refractivity (Wildman–Crippen MR) is 575 cm³/mol. The molecule has 0 aliphatic rings. The number of fused-ring (bicyclic) bond motifs is 30. The van der Waals surface area contributed by atoms with Crippen LogP contribution in [0.4, 0.5) is 0 Å².